The molecule has 0 aromatic heterocycles. The molecule has 0 atom stereocenters. The van der Waals surface area contributed by atoms with Gasteiger partial charge >= 0.3 is 0 Å². The first kappa shape index (κ1) is 11.2. The van der Waals surface area contributed by atoms with E-state index in [-0.39, 0.29) is 12.4 Å². The summed E-state index contributed by atoms with van der Waals surface area (Å²) in [7, 11) is 0. The van der Waals surface area contributed by atoms with Crippen LogP contribution in [0.2, 0.25) is 0 Å². The molecule has 0 unspecified atom stereocenters. The topological polar surface area (TPSA) is 46.2 Å². The minimum absolute atomic E-state index is 0. The third-order valence-electron chi connectivity index (χ3n) is 2.56. The van der Waals surface area contributed by atoms with E-state index in [1.165, 1.54) is 25.7 Å². The van der Waals surface area contributed by atoms with Gasteiger partial charge in [0, 0.05) is 6.61 Å². The molecule has 0 bridgehead atoms. The van der Waals surface area contributed by atoms with Gasteiger partial charge in [-0.1, -0.05) is 0 Å². The Morgan fingerprint density at radius 1 is 1.09 bits per heavy atom. The maximum Gasteiger partial charge on any atom is 0.0459 e. The first-order valence-electron chi connectivity index (χ1n) is 4.17. The fraction of sp³-hybridized carbons (Fsp3) is 1.00. The molecule has 3 N–H and O–H groups in total. The third kappa shape index (κ3) is 3.41. The highest BCUT2D eigenvalue weighted by atomic mass is 35.5. The molecule has 1 aliphatic rings. The molecule has 0 amide bonds. The van der Waals surface area contributed by atoms with Gasteiger partial charge in [0.15, 0.2) is 0 Å². The quantitative estimate of drug-likeness (QED) is 0.669. The molecule has 11 heavy (non-hydrogen) atoms. The maximum atomic E-state index is 8.82. The van der Waals surface area contributed by atoms with Gasteiger partial charge in [-0.2, -0.15) is 0 Å². The maximum absolute atomic E-state index is 8.82. The van der Waals surface area contributed by atoms with Crippen molar-refractivity contribution in [3.8, 4) is 0 Å². The van der Waals surface area contributed by atoms with Crippen LogP contribution in [0.3, 0.4) is 0 Å². The summed E-state index contributed by atoms with van der Waals surface area (Å²) >= 11 is 0. The van der Waals surface area contributed by atoms with E-state index in [1.807, 2.05) is 0 Å². The van der Waals surface area contributed by atoms with Gasteiger partial charge in [-0.25, -0.2) is 0 Å². The van der Waals surface area contributed by atoms with Crippen LogP contribution >= 0.6 is 12.4 Å². The zero-order chi connectivity index (χ0) is 7.40. The molecule has 1 saturated carbocycles. The Kier molecular flexibility index (Phi) is 5.92. The molecule has 0 saturated heterocycles. The largest absolute Gasteiger partial charge is 0.396 e. The Morgan fingerprint density at radius 3 is 1.91 bits per heavy atom. The summed E-state index contributed by atoms with van der Waals surface area (Å²) in [4.78, 5) is 0. The number of halogens is 1. The lowest BCUT2D eigenvalue weighted by Gasteiger charge is -2.25. The van der Waals surface area contributed by atoms with Crippen LogP contribution in [0.15, 0.2) is 0 Å². The zero-order valence-electron chi connectivity index (χ0n) is 6.83. The SMILES string of the molecule is Cl.NCC1CCC(CO)CC1. The smallest absolute Gasteiger partial charge is 0.0459 e. The number of hydrogen-bond donors (Lipinski definition) is 2. The molecule has 1 fully saturated rings. The van der Waals surface area contributed by atoms with Gasteiger partial charge < -0.3 is 10.8 Å². The summed E-state index contributed by atoms with van der Waals surface area (Å²) in [6.45, 7) is 1.20. The summed E-state index contributed by atoms with van der Waals surface area (Å²) < 4.78 is 0. The fourth-order valence-corrected chi connectivity index (χ4v) is 1.65. The summed E-state index contributed by atoms with van der Waals surface area (Å²) in [6.07, 6.45) is 4.81. The number of aliphatic hydroxyl groups excluding tert-OH is 1. The lowest BCUT2D eigenvalue weighted by molar-refractivity contribution is 0.169. The van der Waals surface area contributed by atoms with Crippen LogP contribution < -0.4 is 5.73 Å². The van der Waals surface area contributed by atoms with Crippen molar-refractivity contribution in [1.82, 2.24) is 0 Å². The molecule has 0 heterocycles. The molecule has 68 valence electrons. The number of hydrogen-bond acceptors (Lipinski definition) is 2. The second-order valence-electron chi connectivity index (χ2n) is 3.31. The van der Waals surface area contributed by atoms with Gasteiger partial charge in [0.25, 0.3) is 0 Å². The minimum atomic E-state index is 0. The fourth-order valence-electron chi connectivity index (χ4n) is 1.65. The van der Waals surface area contributed by atoms with Crippen molar-refractivity contribution in [3.63, 3.8) is 0 Å². The van der Waals surface area contributed by atoms with Gasteiger partial charge in [0.05, 0.1) is 0 Å². The van der Waals surface area contributed by atoms with Gasteiger partial charge in [0.1, 0.15) is 0 Å². The van der Waals surface area contributed by atoms with E-state index in [9.17, 15) is 0 Å². The molecule has 1 rings (SSSR count). The van der Waals surface area contributed by atoms with Crippen molar-refractivity contribution in [2.24, 2.45) is 17.6 Å². The molecule has 3 heteroatoms. The van der Waals surface area contributed by atoms with E-state index in [4.69, 9.17) is 10.8 Å². The van der Waals surface area contributed by atoms with Crippen molar-refractivity contribution >= 4 is 12.4 Å². The second kappa shape index (κ2) is 5.81. The van der Waals surface area contributed by atoms with E-state index in [2.05, 4.69) is 0 Å². The molecule has 1 aliphatic carbocycles. The highest BCUT2D eigenvalue weighted by Gasteiger charge is 2.18. The van der Waals surface area contributed by atoms with Crippen molar-refractivity contribution in [1.29, 1.82) is 0 Å². The monoisotopic (exact) mass is 179 g/mol. The van der Waals surface area contributed by atoms with Crippen LogP contribution in [0.4, 0.5) is 0 Å². The lowest BCUT2D eigenvalue weighted by Crippen LogP contribution is -2.22. The average molecular weight is 180 g/mol. The first-order chi connectivity index (χ1) is 4.86. The Balaban J connectivity index is 0.000001000. The number of rotatable bonds is 2. The molecule has 2 nitrogen and oxygen atoms in total. The number of aliphatic hydroxyl groups is 1. The van der Waals surface area contributed by atoms with Crippen LogP contribution in [-0.2, 0) is 0 Å². The van der Waals surface area contributed by atoms with Crippen LogP contribution in [-0.4, -0.2) is 18.3 Å². The Labute approximate surface area is 74.6 Å². The zero-order valence-corrected chi connectivity index (χ0v) is 7.65. The summed E-state index contributed by atoms with van der Waals surface area (Å²) in [6, 6.07) is 0. The highest BCUT2D eigenvalue weighted by Crippen LogP contribution is 2.27. The van der Waals surface area contributed by atoms with Gasteiger partial charge in [-0.05, 0) is 44.1 Å². The van der Waals surface area contributed by atoms with Gasteiger partial charge in [-0.15, -0.1) is 12.4 Å². The Bertz CT molecular complexity index is 80.1. The van der Waals surface area contributed by atoms with Gasteiger partial charge in [0.2, 0.25) is 0 Å². The molecule has 0 aromatic carbocycles. The molecule has 0 spiro atoms. The standard InChI is InChI=1S/C8H17NO.ClH/c9-5-7-1-3-8(6-10)4-2-7;/h7-8,10H,1-6,9H2;1H. The van der Waals surface area contributed by atoms with Crippen LogP contribution in [0, 0.1) is 11.8 Å². The molecule has 0 aliphatic heterocycles. The molecular formula is C8H18ClNO. The second-order valence-corrected chi connectivity index (χ2v) is 3.31. The summed E-state index contributed by atoms with van der Waals surface area (Å²) in [5.74, 6) is 1.31. The highest BCUT2D eigenvalue weighted by molar-refractivity contribution is 5.85. The molecular weight excluding hydrogens is 162 g/mol. The van der Waals surface area contributed by atoms with E-state index in [0.717, 1.165) is 12.5 Å². The Hall–Kier alpha value is 0.210. The lowest BCUT2D eigenvalue weighted by atomic mass is 9.82. The van der Waals surface area contributed by atoms with Crippen molar-refractivity contribution < 1.29 is 5.11 Å². The van der Waals surface area contributed by atoms with Crippen LogP contribution in [0.25, 0.3) is 0 Å². The van der Waals surface area contributed by atoms with E-state index < -0.39 is 0 Å². The van der Waals surface area contributed by atoms with Crippen LogP contribution in [0.1, 0.15) is 25.7 Å². The predicted molar refractivity (Wildman–Crippen MR) is 48.8 cm³/mol. The Morgan fingerprint density at radius 2 is 1.55 bits per heavy atom. The van der Waals surface area contributed by atoms with Crippen molar-refractivity contribution in [2.75, 3.05) is 13.2 Å². The average Bonchev–Trinajstić information content (AvgIpc) is 2.05. The normalized spacial score (nSPS) is 31.1. The van der Waals surface area contributed by atoms with E-state index in [1.54, 1.807) is 0 Å². The minimum Gasteiger partial charge on any atom is -0.396 e. The predicted octanol–water partition coefficient (Wildman–Crippen LogP) is 1.17. The van der Waals surface area contributed by atoms with Crippen LogP contribution in [0.5, 0.6) is 0 Å². The van der Waals surface area contributed by atoms with Crippen molar-refractivity contribution in [3.05, 3.63) is 0 Å². The summed E-state index contributed by atoms with van der Waals surface area (Å²) in [5.41, 5.74) is 5.53. The van der Waals surface area contributed by atoms with Gasteiger partial charge in [-0.3, -0.25) is 0 Å². The van der Waals surface area contributed by atoms with E-state index >= 15 is 0 Å². The van der Waals surface area contributed by atoms with E-state index in [0.29, 0.717) is 12.5 Å². The number of nitrogens with two attached hydrogens (primary N) is 1. The molecule has 0 radical (unpaired) electrons. The third-order valence-corrected chi connectivity index (χ3v) is 2.56. The first-order valence-corrected chi connectivity index (χ1v) is 4.17. The van der Waals surface area contributed by atoms with Crippen molar-refractivity contribution in [2.45, 2.75) is 25.7 Å². The molecule has 0 aromatic rings. The summed E-state index contributed by atoms with van der Waals surface area (Å²) in [5, 5.41) is 8.82.